The molecular weight excluding hydrogens is 258 g/mol. The van der Waals surface area contributed by atoms with Gasteiger partial charge in [0.1, 0.15) is 0 Å². The van der Waals surface area contributed by atoms with Gasteiger partial charge < -0.3 is 5.32 Å². The molecule has 0 radical (unpaired) electrons. The highest BCUT2D eigenvalue weighted by Gasteiger charge is 2.20. The zero-order valence-electron chi connectivity index (χ0n) is 11.6. The molecule has 1 unspecified atom stereocenters. The lowest BCUT2D eigenvalue weighted by atomic mass is 9.91. The van der Waals surface area contributed by atoms with Crippen molar-refractivity contribution in [3.8, 4) is 0 Å². The van der Waals surface area contributed by atoms with Crippen molar-refractivity contribution in [2.75, 3.05) is 18.1 Å². The van der Waals surface area contributed by atoms with Gasteiger partial charge in [0, 0.05) is 10.9 Å². The van der Waals surface area contributed by atoms with Gasteiger partial charge in [0.25, 0.3) is 0 Å². The van der Waals surface area contributed by atoms with E-state index >= 15 is 0 Å². The van der Waals surface area contributed by atoms with Crippen molar-refractivity contribution in [3.05, 3.63) is 21.9 Å². The molecule has 2 rings (SSSR count). The highest BCUT2D eigenvalue weighted by atomic mass is 32.2. The van der Waals surface area contributed by atoms with Gasteiger partial charge in [-0.3, -0.25) is 0 Å². The van der Waals surface area contributed by atoms with E-state index in [1.54, 1.807) is 0 Å². The first kappa shape index (κ1) is 14.4. The molecule has 102 valence electrons. The number of thiophene rings is 1. The number of nitrogens with one attached hydrogen (secondary N) is 1. The number of thioether (sulfide) groups is 1. The van der Waals surface area contributed by atoms with E-state index in [9.17, 15) is 0 Å². The van der Waals surface area contributed by atoms with Crippen LogP contribution in [-0.4, -0.2) is 18.1 Å². The second-order valence-electron chi connectivity index (χ2n) is 5.29. The number of aryl methyl sites for hydroxylation is 1. The van der Waals surface area contributed by atoms with E-state index < -0.39 is 0 Å². The van der Waals surface area contributed by atoms with Crippen molar-refractivity contribution in [2.45, 2.75) is 45.6 Å². The largest absolute Gasteiger partial charge is 0.310 e. The first-order chi connectivity index (χ1) is 8.79. The van der Waals surface area contributed by atoms with Gasteiger partial charge in [-0.2, -0.15) is 11.8 Å². The third kappa shape index (κ3) is 4.29. The zero-order valence-corrected chi connectivity index (χ0v) is 13.2. The molecule has 0 bridgehead atoms. The van der Waals surface area contributed by atoms with E-state index in [-0.39, 0.29) is 0 Å². The lowest BCUT2D eigenvalue weighted by molar-refractivity contribution is 0.371. The average molecular weight is 284 g/mol. The Morgan fingerprint density at radius 2 is 2.17 bits per heavy atom. The minimum absolute atomic E-state index is 0.586. The van der Waals surface area contributed by atoms with Gasteiger partial charge in [-0.25, -0.2) is 0 Å². The Morgan fingerprint density at radius 3 is 2.78 bits per heavy atom. The fourth-order valence-corrected chi connectivity index (χ4v) is 4.58. The van der Waals surface area contributed by atoms with Gasteiger partial charge in [0.2, 0.25) is 0 Å². The van der Waals surface area contributed by atoms with Gasteiger partial charge >= 0.3 is 0 Å². The van der Waals surface area contributed by atoms with E-state index in [0.29, 0.717) is 6.04 Å². The van der Waals surface area contributed by atoms with Crippen LogP contribution in [0.15, 0.2) is 11.4 Å². The molecule has 1 aliphatic heterocycles. The van der Waals surface area contributed by atoms with Crippen LogP contribution in [-0.2, 0) is 0 Å². The molecule has 1 aliphatic rings. The number of rotatable bonds is 6. The summed E-state index contributed by atoms with van der Waals surface area (Å²) in [5.41, 5.74) is 1.52. The molecule has 3 heteroatoms. The molecule has 0 spiro atoms. The fraction of sp³-hybridized carbons (Fsp3) is 0.733. The summed E-state index contributed by atoms with van der Waals surface area (Å²) in [5, 5.41) is 6.09. The van der Waals surface area contributed by atoms with Crippen LogP contribution in [0.1, 0.15) is 49.1 Å². The van der Waals surface area contributed by atoms with Gasteiger partial charge in [0.15, 0.2) is 0 Å². The van der Waals surface area contributed by atoms with Gasteiger partial charge in [0.05, 0.1) is 0 Å². The summed E-state index contributed by atoms with van der Waals surface area (Å²) in [4.78, 5) is 1.44. The molecular formula is C15H25NS2. The van der Waals surface area contributed by atoms with Crippen LogP contribution in [0.2, 0.25) is 0 Å². The molecule has 1 nitrogen and oxygen atoms in total. The molecule has 1 aromatic rings. The summed E-state index contributed by atoms with van der Waals surface area (Å²) in [7, 11) is 0. The van der Waals surface area contributed by atoms with Crippen molar-refractivity contribution in [2.24, 2.45) is 5.92 Å². The predicted molar refractivity (Wildman–Crippen MR) is 84.8 cm³/mol. The molecule has 0 aliphatic carbocycles. The highest BCUT2D eigenvalue weighted by molar-refractivity contribution is 7.99. The van der Waals surface area contributed by atoms with Crippen LogP contribution >= 0.6 is 23.1 Å². The minimum atomic E-state index is 0.586. The molecule has 18 heavy (non-hydrogen) atoms. The van der Waals surface area contributed by atoms with Crippen LogP contribution < -0.4 is 5.32 Å². The maximum atomic E-state index is 3.75. The first-order valence-corrected chi connectivity index (χ1v) is 9.19. The van der Waals surface area contributed by atoms with Crippen molar-refractivity contribution in [3.63, 3.8) is 0 Å². The van der Waals surface area contributed by atoms with E-state index in [1.165, 1.54) is 47.6 Å². The number of hydrogen-bond acceptors (Lipinski definition) is 3. The zero-order chi connectivity index (χ0) is 12.8. The Balaban J connectivity index is 1.95. The Bertz CT molecular complexity index is 342. The summed E-state index contributed by atoms with van der Waals surface area (Å²) in [6.45, 7) is 5.60. The highest BCUT2D eigenvalue weighted by Crippen LogP contribution is 2.32. The topological polar surface area (TPSA) is 12.0 Å². The quantitative estimate of drug-likeness (QED) is 0.817. The fourth-order valence-electron chi connectivity index (χ4n) is 2.62. The standard InChI is InChI=1S/C15H25NS2/c1-3-6-16-15(14-9-12(2)18-11-14)10-13-4-7-17-8-5-13/h9,11,13,15-16H,3-8,10H2,1-2H3. The molecule has 1 N–H and O–H groups in total. The summed E-state index contributed by atoms with van der Waals surface area (Å²) >= 11 is 4.01. The molecule has 0 amide bonds. The minimum Gasteiger partial charge on any atom is -0.310 e. The van der Waals surface area contributed by atoms with Crippen molar-refractivity contribution in [1.29, 1.82) is 0 Å². The molecule has 1 aromatic heterocycles. The summed E-state index contributed by atoms with van der Waals surface area (Å²) in [6.07, 6.45) is 5.38. The maximum Gasteiger partial charge on any atom is 0.0331 e. The molecule has 1 atom stereocenters. The van der Waals surface area contributed by atoms with Gasteiger partial charge in [-0.05, 0) is 73.6 Å². The van der Waals surface area contributed by atoms with E-state index in [0.717, 1.165) is 12.5 Å². The molecule has 0 saturated carbocycles. The van der Waals surface area contributed by atoms with Gasteiger partial charge in [-0.1, -0.05) is 6.92 Å². The smallest absolute Gasteiger partial charge is 0.0331 e. The lowest BCUT2D eigenvalue weighted by Gasteiger charge is -2.26. The SMILES string of the molecule is CCCNC(CC1CCSCC1)c1csc(C)c1. The Hall–Kier alpha value is 0.0100. The van der Waals surface area contributed by atoms with Crippen LogP contribution in [0.25, 0.3) is 0 Å². The Labute approximate surface area is 120 Å². The van der Waals surface area contributed by atoms with E-state index in [1.807, 2.05) is 11.3 Å². The monoisotopic (exact) mass is 283 g/mol. The Morgan fingerprint density at radius 1 is 1.39 bits per heavy atom. The predicted octanol–water partition coefficient (Wildman–Crippen LogP) is 4.63. The third-order valence-corrected chi connectivity index (χ3v) is 5.63. The van der Waals surface area contributed by atoms with Crippen LogP contribution in [0.3, 0.4) is 0 Å². The van der Waals surface area contributed by atoms with Gasteiger partial charge in [-0.15, -0.1) is 11.3 Å². The lowest BCUT2D eigenvalue weighted by Crippen LogP contribution is -2.25. The van der Waals surface area contributed by atoms with E-state index in [2.05, 4.69) is 42.4 Å². The number of hydrogen-bond donors (Lipinski definition) is 1. The second kappa shape index (κ2) is 7.56. The van der Waals surface area contributed by atoms with Crippen molar-refractivity contribution < 1.29 is 0 Å². The summed E-state index contributed by atoms with van der Waals surface area (Å²) in [6, 6.07) is 2.96. The Kier molecular flexibility index (Phi) is 6.06. The van der Waals surface area contributed by atoms with Crippen molar-refractivity contribution >= 4 is 23.1 Å². The molecule has 0 aromatic carbocycles. The van der Waals surface area contributed by atoms with Crippen molar-refractivity contribution in [1.82, 2.24) is 5.32 Å². The van der Waals surface area contributed by atoms with Crippen LogP contribution in [0, 0.1) is 12.8 Å². The maximum absolute atomic E-state index is 3.75. The van der Waals surface area contributed by atoms with E-state index in [4.69, 9.17) is 0 Å². The average Bonchev–Trinajstić information content (AvgIpc) is 2.82. The third-order valence-electron chi connectivity index (χ3n) is 3.70. The second-order valence-corrected chi connectivity index (χ2v) is 7.63. The molecule has 2 heterocycles. The van der Waals surface area contributed by atoms with Crippen LogP contribution in [0.5, 0.6) is 0 Å². The molecule has 1 saturated heterocycles. The normalized spacial score (nSPS) is 19.0. The summed E-state index contributed by atoms with van der Waals surface area (Å²) in [5.74, 6) is 3.67. The van der Waals surface area contributed by atoms with Crippen LogP contribution in [0.4, 0.5) is 0 Å². The summed E-state index contributed by atoms with van der Waals surface area (Å²) < 4.78 is 0. The molecule has 1 fully saturated rings. The first-order valence-electron chi connectivity index (χ1n) is 7.15.